The highest BCUT2D eigenvalue weighted by Crippen LogP contribution is 2.42. The second-order valence-electron chi connectivity index (χ2n) is 2.89. The Kier molecular flexibility index (Phi) is 5.95. The molecule has 0 rings (SSSR count). The zero-order valence-corrected chi connectivity index (χ0v) is 10.4. The van der Waals surface area contributed by atoms with Gasteiger partial charge in [-0.25, -0.2) is 4.18 Å². The van der Waals surface area contributed by atoms with Crippen molar-refractivity contribution in [2.24, 2.45) is 0 Å². The fourth-order valence-corrected chi connectivity index (χ4v) is 2.80. The van der Waals surface area contributed by atoms with Gasteiger partial charge in [-0.1, -0.05) is 6.92 Å². The first-order chi connectivity index (χ1) is 7.08. The molecular formula is C6H12F3O5PS. The zero-order chi connectivity index (χ0) is 13.0. The average Bonchev–Trinajstić information content (AvgIpc) is 2.07. The van der Waals surface area contributed by atoms with Crippen LogP contribution < -0.4 is 0 Å². The van der Waals surface area contributed by atoms with Crippen molar-refractivity contribution in [2.75, 3.05) is 12.9 Å². The van der Waals surface area contributed by atoms with Crippen molar-refractivity contribution in [1.29, 1.82) is 0 Å². The van der Waals surface area contributed by atoms with Gasteiger partial charge in [0.05, 0.1) is 12.9 Å². The van der Waals surface area contributed by atoms with Crippen LogP contribution in [0.1, 0.15) is 13.3 Å². The molecule has 0 aliphatic heterocycles. The van der Waals surface area contributed by atoms with Crippen LogP contribution in [0, 0.1) is 0 Å². The van der Waals surface area contributed by atoms with Crippen LogP contribution in [0.3, 0.4) is 0 Å². The van der Waals surface area contributed by atoms with Crippen molar-refractivity contribution < 1.29 is 34.9 Å². The van der Waals surface area contributed by atoms with Crippen molar-refractivity contribution >= 4 is 18.1 Å². The van der Waals surface area contributed by atoms with Crippen LogP contribution in [0.4, 0.5) is 13.2 Å². The van der Waals surface area contributed by atoms with E-state index in [0.717, 1.165) is 0 Å². The molecule has 0 spiro atoms. The van der Waals surface area contributed by atoms with Gasteiger partial charge in [0.1, 0.15) is 0 Å². The molecule has 98 valence electrons. The highest BCUT2D eigenvalue weighted by atomic mass is 32.2. The predicted octanol–water partition coefficient (Wildman–Crippen LogP) is 1.75. The van der Waals surface area contributed by atoms with Gasteiger partial charge in [0.25, 0.3) is 10.1 Å². The Morgan fingerprint density at radius 3 is 2.19 bits per heavy atom. The first kappa shape index (κ1) is 15.9. The topological polar surface area (TPSA) is 69.7 Å². The van der Waals surface area contributed by atoms with E-state index in [-0.39, 0.29) is 6.61 Å². The minimum Gasteiger partial charge on any atom is -0.328 e. The molecule has 0 heterocycles. The van der Waals surface area contributed by atoms with Crippen molar-refractivity contribution in [3.05, 3.63) is 0 Å². The third-order valence-corrected chi connectivity index (χ3v) is 3.31. The summed E-state index contributed by atoms with van der Waals surface area (Å²) in [6.45, 7) is 1.45. The molecule has 0 aliphatic carbocycles. The molecule has 2 atom stereocenters. The van der Waals surface area contributed by atoms with E-state index in [2.05, 4.69) is 8.71 Å². The van der Waals surface area contributed by atoms with Gasteiger partial charge in [-0.3, -0.25) is 4.57 Å². The van der Waals surface area contributed by atoms with Gasteiger partial charge < -0.3 is 4.52 Å². The van der Waals surface area contributed by atoms with E-state index in [1.54, 1.807) is 6.92 Å². The lowest BCUT2D eigenvalue weighted by molar-refractivity contribution is -0.169. The molecule has 0 bridgehead atoms. The first-order valence-electron chi connectivity index (χ1n) is 4.19. The SMILES string of the molecule is CCCO[PH](=O)C(OS(C)(=O)=O)C(F)(F)F. The van der Waals surface area contributed by atoms with Gasteiger partial charge in [0.2, 0.25) is 13.9 Å². The van der Waals surface area contributed by atoms with Crippen LogP contribution in [0.5, 0.6) is 0 Å². The molecule has 0 aromatic carbocycles. The fraction of sp³-hybridized carbons (Fsp3) is 1.00. The second-order valence-corrected chi connectivity index (χ2v) is 5.94. The van der Waals surface area contributed by atoms with Crippen LogP contribution in [-0.2, 0) is 23.4 Å². The molecule has 0 radical (unpaired) electrons. The molecule has 16 heavy (non-hydrogen) atoms. The molecule has 0 amide bonds. The van der Waals surface area contributed by atoms with Gasteiger partial charge in [-0.05, 0) is 6.42 Å². The summed E-state index contributed by atoms with van der Waals surface area (Å²) in [6.07, 6.45) is -4.24. The van der Waals surface area contributed by atoms with E-state index in [1.165, 1.54) is 0 Å². The Morgan fingerprint density at radius 1 is 1.38 bits per heavy atom. The molecule has 0 N–H and O–H groups in total. The summed E-state index contributed by atoms with van der Waals surface area (Å²) in [5.74, 6) is -2.92. The summed E-state index contributed by atoms with van der Waals surface area (Å²) in [4.78, 5) is 0. The van der Waals surface area contributed by atoms with Crippen LogP contribution in [0.25, 0.3) is 0 Å². The van der Waals surface area contributed by atoms with Crippen molar-refractivity contribution in [3.8, 4) is 0 Å². The number of hydrogen-bond donors (Lipinski definition) is 0. The van der Waals surface area contributed by atoms with Crippen LogP contribution in [0.15, 0.2) is 0 Å². The summed E-state index contributed by atoms with van der Waals surface area (Å²) < 4.78 is 77.1. The van der Waals surface area contributed by atoms with E-state index in [0.29, 0.717) is 12.7 Å². The number of rotatable bonds is 6. The fourth-order valence-electron chi connectivity index (χ4n) is 0.681. The molecule has 0 saturated carbocycles. The van der Waals surface area contributed by atoms with Crippen LogP contribution in [-0.4, -0.2) is 33.3 Å². The Labute approximate surface area is 91.9 Å². The Bertz CT molecular complexity index is 339. The summed E-state index contributed by atoms with van der Waals surface area (Å²) in [5, 5.41) is 0. The van der Waals surface area contributed by atoms with Gasteiger partial charge in [0.15, 0.2) is 0 Å². The summed E-state index contributed by atoms with van der Waals surface area (Å²) >= 11 is 0. The molecule has 0 aliphatic rings. The molecule has 0 aromatic heterocycles. The molecular weight excluding hydrogens is 272 g/mol. The number of halogens is 3. The normalized spacial score (nSPS) is 17.1. The highest BCUT2D eigenvalue weighted by molar-refractivity contribution is 7.86. The lowest BCUT2D eigenvalue weighted by Gasteiger charge is -2.18. The molecule has 0 saturated heterocycles. The van der Waals surface area contributed by atoms with E-state index in [4.69, 9.17) is 0 Å². The minimum atomic E-state index is -5.05. The summed E-state index contributed by atoms with van der Waals surface area (Å²) in [5.41, 5.74) is 0. The lowest BCUT2D eigenvalue weighted by Crippen LogP contribution is -2.31. The predicted molar refractivity (Wildman–Crippen MR) is 51.0 cm³/mol. The van der Waals surface area contributed by atoms with Gasteiger partial charge in [0, 0.05) is 0 Å². The maximum atomic E-state index is 12.3. The third kappa shape index (κ3) is 6.47. The number of hydrogen-bond acceptors (Lipinski definition) is 5. The molecule has 2 unspecified atom stereocenters. The zero-order valence-electron chi connectivity index (χ0n) is 8.57. The van der Waals surface area contributed by atoms with Gasteiger partial charge in [-0.2, -0.15) is 21.6 Å². The van der Waals surface area contributed by atoms with E-state index in [9.17, 15) is 26.2 Å². The van der Waals surface area contributed by atoms with Gasteiger partial charge in [-0.15, -0.1) is 0 Å². The third-order valence-electron chi connectivity index (χ3n) is 1.23. The van der Waals surface area contributed by atoms with Crippen molar-refractivity contribution in [1.82, 2.24) is 0 Å². The van der Waals surface area contributed by atoms with Crippen molar-refractivity contribution in [2.45, 2.75) is 25.4 Å². The number of alkyl halides is 3. The Balaban J connectivity index is 4.76. The minimum absolute atomic E-state index is 0.155. The van der Waals surface area contributed by atoms with E-state index in [1.807, 2.05) is 0 Å². The standard InChI is InChI=1S/C6H12F3O5PS/c1-3-4-13-15(10)5(6(7,8)9)14-16(2,11)12/h5,15H,3-4H2,1-2H3. The average molecular weight is 284 g/mol. The van der Waals surface area contributed by atoms with Crippen LogP contribution >= 0.6 is 8.03 Å². The maximum absolute atomic E-state index is 12.3. The quantitative estimate of drug-likeness (QED) is 0.549. The summed E-state index contributed by atoms with van der Waals surface area (Å²) in [6, 6.07) is 0. The smallest absolute Gasteiger partial charge is 0.328 e. The van der Waals surface area contributed by atoms with E-state index < -0.39 is 30.2 Å². The van der Waals surface area contributed by atoms with Crippen LogP contribution in [0.2, 0.25) is 0 Å². The molecule has 5 nitrogen and oxygen atoms in total. The Morgan fingerprint density at radius 2 is 1.88 bits per heavy atom. The van der Waals surface area contributed by atoms with E-state index >= 15 is 0 Å². The van der Waals surface area contributed by atoms with Gasteiger partial charge >= 0.3 is 6.18 Å². The molecule has 10 heteroatoms. The maximum Gasteiger partial charge on any atom is 0.425 e. The highest BCUT2D eigenvalue weighted by Gasteiger charge is 2.47. The second kappa shape index (κ2) is 6.00. The Hall–Kier alpha value is -0.110. The molecule has 0 fully saturated rings. The molecule has 0 aromatic rings. The lowest BCUT2D eigenvalue weighted by atomic mass is 10.5. The monoisotopic (exact) mass is 284 g/mol. The largest absolute Gasteiger partial charge is 0.425 e. The summed E-state index contributed by atoms with van der Waals surface area (Å²) in [7, 11) is -8.01. The van der Waals surface area contributed by atoms with Crippen molar-refractivity contribution in [3.63, 3.8) is 0 Å². The first-order valence-corrected chi connectivity index (χ1v) is 7.40.